The van der Waals surface area contributed by atoms with Crippen LogP contribution in [0.3, 0.4) is 0 Å². The van der Waals surface area contributed by atoms with Crippen LogP contribution in [0.4, 0.5) is 16.2 Å². The molecule has 0 spiro atoms. The zero-order valence-electron chi connectivity index (χ0n) is 14.5. The third-order valence-corrected chi connectivity index (χ3v) is 5.42. The van der Waals surface area contributed by atoms with Crippen LogP contribution >= 0.6 is 11.3 Å². The molecule has 3 amide bonds. The highest BCUT2D eigenvalue weighted by Crippen LogP contribution is 2.30. The number of thiophene rings is 1. The normalized spacial score (nSPS) is 13.4. The number of benzene rings is 1. The average molecular weight is 357 g/mol. The van der Waals surface area contributed by atoms with Crippen LogP contribution < -0.4 is 16.0 Å². The second kappa shape index (κ2) is 7.70. The van der Waals surface area contributed by atoms with Crippen molar-refractivity contribution in [1.82, 2.24) is 5.32 Å². The molecule has 1 saturated carbocycles. The van der Waals surface area contributed by atoms with Crippen molar-refractivity contribution < 1.29 is 9.59 Å². The Bertz CT molecular complexity index is 781. The Kier molecular flexibility index (Phi) is 5.38. The van der Waals surface area contributed by atoms with E-state index in [9.17, 15) is 9.59 Å². The number of hydrogen-bond acceptors (Lipinski definition) is 3. The molecule has 1 aliphatic rings. The lowest BCUT2D eigenvalue weighted by Gasteiger charge is -2.12. The molecule has 5 nitrogen and oxygen atoms in total. The third kappa shape index (κ3) is 4.82. The van der Waals surface area contributed by atoms with Crippen molar-refractivity contribution in [1.29, 1.82) is 0 Å². The molecule has 132 valence electrons. The highest BCUT2D eigenvalue weighted by atomic mass is 32.1. The first-order valence-electron chi connectivity index (χ1n) is 8.59. The second-order valence-corrected chi connectivity index (χ2v) is 7.58. The molecule has 25 heavy (non-hydrogen) atoms. The maximum Gasteiger partial charge on any atom is 0.319 e. The number of anilines is 2. The van der Waals surface area contributed by atoms with Crippen molar-refractivity contribution in [2.75, 3.05) is 10.6 Å². The van der Waals surface area contributed by atoms with Crippen molar-refractivity contribution >= 4 is 34.6 Å². The molecule has 0 radical (unpaired) electrons. The molecule has 0 unspecified atom stereocenters. The van der Waals surface area contributed by atoms with E-state index in [1.165, 1.54) is 4.88 Å². The van der Waals surface area contributed by atoms with Gasteiger partial charge in [-0.05, 0) is 56.0 Å². The number of nitrogens with one attached hydrogen (secondary N) is 3. The summed E-state index contributed by atoms with van der Waals surface area (Å²) in [5.74, 6) is 0.212. The predicted octanol–water partition coefficient (Wildman–Crippen LogP) is 4.29. The van der Waals surface area contributed by atoms with E-state index in [0.717, 1.165) is 29.7 Å². The van der Waals surface area contributed by atoms with Gasteiger partial charge in [-0.2, -0.15) is 0 Å². The van der Waals surface area contributed by atoms with Gasteiger partial charge < -0.3 is 16.0 Å². The van der Waals surface area contributed by atoms with Crippen LogP contribution in [0, 0.1) is 12.8 Å². The van der Waals surface area contributed by atoms with Crippen LogP contribution in [0.25, 0.3) is 0 Å². The van der Waals surface area contributed by atoms with E-state index in [1.54, 1.807) is 17.4 Å². The summed E-state index contributed by atoms with van der Waals surface area (Å²) in [7, 11) is 0. The van der Waals surface area contributed by atoms with E-state index in [-0.39, 0.29) is 17.9 Å². The average Bonchev–Trinajstić information content (AvgIpc) is 3.35. The lowest BCUT2D eigenvalue weighted by atomic mass is 10.1. The van der Waals surface area contributed by atoms with Crippen molar-refractivity contribution in [3.8, 4) is 0 Å². The quantitative estimate of drug-likeness (QED) is 0.722. The van der Waals surface area contributed by atoms with Crippen LogP contribution in [0.1, 0.15) is 35.1 Å². The number of aryl methyl sites for hydroxylation is 2. The Hall–Kier alpha value is -2.34. The van der Waals surface area contributed by atoms with Gasteiger partial charge in [-0.1, -0.05) is 13.0 Å². The minimum Gasteiger partial charge on any atom is -0.333 e. The van der Waals surface area contributed by atoms with Gasteiger partial charge in [0.05, 0.1) is 6.54 Å². The van der Waals surface area contributed by atoms with E-state index in [0.29, 0.717) is 17.9 Å². The molecule has 1 aliphatic carbocycles. The first-order valence-corrected chi connectivity index (χ1v) is 9.40. The maximum atomic E-state index is 12.2. The van der Waals surface area contributed by atoms with E-state index >= 15 is 0 Å². The number of rotatable bonds is 6. The van der Waals surface area contributed by atoms with E-state index < -0.39 is 0 Å². The molecule has 1 heterocycles. The molecule has 1 fully saturated rings. The van der Waals surface area contributed by atoms with E-state index in [2.05, 4.69) is 28.9 Å². The summed E-state index contributed by atoms with van der Waals surface area (Å²) in [5, 5.41) is 8.64. The predicted molar refractivity (Wildman–Crippen MR) is 102 cm³/mol. The summed E-state index contributed by atoms with van der Waals surface area (Å²) in [6.07, 6.45) is 2.94. The summed E-state index contributed by atoms with van der Waals surface area (Å²) >= 11 is 1.71. The minimum atomic E-state index is -0.250. The molecule has 0 saturated heterocycles. The summed E-state index contributed by atoms with van der Waals surface area (Å²) in [6.45, 7) is 4.55. The van der Waals surface area contributed by atoms with E-state index in [1.807, 2.05) is 25.1 Å². The van der Waals surface area contributed by atoms with Gasteiger partial charge in [0.2, 0.25) is 5.91 Å². The minimum absolute atomic E-state index is 0.0590. The van der Waals surface area contributed by atoms with Gasteiger partial charge in [-0.25, -0.2) is 4.79 Å². The Morgan fingerprint density at radius 2 is 1.88 bits per heavy atom. The second-order valence-electron chi connectivity index (χ2n) is 6.32. The maximum absolute atomic E-state index is 12.2. The van der Waals surface area contributed by atoms with Gasteiger partial charge >= 0.3 is 6.03 Å². The molecule has 1 aromatic heterocycles. The fourth-order valence-corrected chi connectivity index (χ4v) is 3.36. The van der Waals surface area contributed by atoms with Crippen molar-refractivity contribution in [3.05, 3.63) is 45.6 Å². The lowest BCUT2D eigenvalue weighted by Crippen LogP contribution is -2.28. The molecule has 3 rings (SSSR count). The summed E-state index contributed by atoms with van der Waals surface area (Å²) in [5.41, 5.74) is 2.36. The molecule has 6 heteroatoms. The molecular formula is C19H23N3O2S. The highest BCUT2D eigenvalue weighted by molar-refractivity contribution is 7.11. The molecule has 2 aromatic rings. The van der Waals surface area contributed by atoms with Gasteiger partial charge in [0.15, 0.2) is 0 Å². The first-order chi connectivity index (χ1) is 12.0. The molecule has 3 N–H and O–H groups in total. The fourth-order valence-electron chi connectivity index (χ4n) is 2.47. The lowest BCUT2D eigenvalue weighted by molar-refractivity contribution is -0.117. The third-order valence-electron chi connectivity index (χ3n) is 4.19. The van der Waals surface area contributed by atoms with Gasteiger partial charge in [0.25, 0.3) is 0 Å². The Morgan fingerprint density at radius 1 is 1.12 bits per heavy atom. The molecule has 0 aliphatic heterocycles. The molecular weight excluding hydrogens is 334 g/mol. The first kappa shape index (κ1) is 17.5. The van der Waals surface area contributed by atoms with Crippen molar-refractivity contribution in [2.24, 2.45) is 5.92 Å². The van der Waals surface area contributed by atoms with Crippen LogP contribution in [0.2, 0.25) is 0 Å². The van der Waals surface area contributed by atoms with E-state index in [4.69, 9.17) is 0 Å². The summed E-state index contributed by atoms with van der Waals surface area (Å²) in [6, 6.07) is 9.44. The number of carbonyl (C=O) groups excluding carboxylic acids is 2. The Morgan fingerprint density at radius 3 is 2.56 bits per heavy atom. The monoisotopic (exact) mass is 357 g/mol. The molecule has 1 aromatic carbocycles. The molecule has 0 bridgehead atoms. The zero-order valence-corrected chi connectivity index (χ0v) is 15.3. The smallest absolute Gasteiger partial charge is 0.319 e. The topological polar surface area (TPSA) is 70.2 Å². The van der Waals surface area contributed by atoms with Crippen LogP contribution in [-0.4, -0.2) is 11.9 Å². The zero-order chi connectivity index (χ0) is 17.8. The SMILES string of the molecule is CCc1ccc(CNC(=O)Nc2cc(NC(=O)C3CC3)ccc2C)s1. The van der Waals surface area contributed by atoms with Gasteiger partial charge in [0.1, 0.15) is 0 Å². The standard InChI is InChI=1S/C19H23N3O2S/c1-3-15-8-9-16(25-15)11-20-19(24)22-17-10-14(7-4-12(17)2)21-18(23)13-5-6-13/h4,7-10,13H,3,5-6,11H2,1-2H3,(H,21,23)(H2,20,22,24). The van der Waals surface area contributed by atoms with Crippen LogP contribution in [0.5, 0.6) is 0 Å². The Labute approximate surface area is 151 Å². The van der Waals surface area contributed by atoms with Gasteiger partial charge in [0, 0.05) is 27.0 Å². The highest BCUT2D eigenvalue weighted by Gasteiger charge is 2.29. The molecule has 0 atom stereocenters. The largest absolute Gasteiger partial charge is 0.333 e. The Balaban J connectivity index is 1.56. The number of amides is 3. The number of carbonyl (C=O) groups is 2. The van der Waals surface area contributed by atoms with Crippen molar-refractivity contribution in [2.45, 2.75) is 39.7 Å². The summed E-state index contributed by atoms with van der Waals surface area (Å²) in [4.78, 5) is 26.5. The van der Waals surface area contributed by atoms with Crippen LogP contribution in [-0.2, 0) is 17.8 Å². The summed E-state index contributed by atoms with van der Waals surface area (Å²) < 4.78 is 0. The fraction of sp³-hybridized carbons (Fsp3) is 0.368. The number of hydrogen-bond donors (Lipinski definition) is 3. The van der Waals surface area contributed by atoms with Gasteiger partial charge in [-0.3, -0.25) is 4.79 Å². The number of urea groups is 1. The van der Waals surface area contributed by atoms with Crippen LogP contribution in [0.15, 0.2) is 30.3 Å². The van der Waals surface area contributed by atoms with Gasteiger partial charge in [-0.15, -0.1) is 11.3 Å². The van der Waals surface area contributed by atoms with Crippen molar-refractivity contribution in [3.63, 3.8) is 0 Å².